The first-order chi connectivity index (χ1) is 13.8. The van der Waals surface area contributed by atoms with Crippen LogP contribution in [0.1, 0.15) is 31.5 Å². The van der Waals surface area contributed by atoms with E-state index in [4.69, 9.17) is 9.47 Å². The van der Waals surface area contributed by atoms with Gasteiger partial charge in [-0.1, -0.05) is 6.92 Å². The number of carboxylic acids is 1. The smallest absolute Gasteiger partial charge is 0.331 e. The van der Waals surface area contributed by atoms with Crippen molar-refractivity contribution in [3.8, 4) is 11.6 Å². The first kappa shape index (κ1) is 20.7. The van der Waals surface area contributed by atoms with Gasteiger partial charge in [0.1, 0.15) is 17.7 Å². The summed E-state index contributed by atoms with van der Waals surface area (Å²) in [5.41, 5.74) is 2.87. The van der Waals surface area contributed by atoms with Crippen molar-refractivity contribution in [1.82, 2.24) is 14.3 Å². The number of nitrogens with zero attached hydrogens (tertiary/aromatic N) is 3. The van der Waals surface area contributed by atoms with E-state index in [0.717, 1.165) is 33.7 Å². The number of rotatable bonds is 8. The van der Waals surface area contributed by atoms with Crippen LogP contribution < -0.4 is 4.74 Å². The molecule has 29 heavy (non-hydrogen) atoms. The lowest BCUT2D eigenvalue weighted by Gasteiger charge is -2.14. The third kappa shape index (κ3) is 4.19. The average molecular weight is 397 g/mol. The quantitative estimate of drug-likeness (QED) is 0.582. The number of benzene rings is 1. The first-order valence-corrected chi connectivity index (χ1v) is 9.60. The second-order valence-electron chi connectivity index (χ2n) is 7.06. The number of carboxylic acid groups (broad SMARTS) is 1. The van der Waals surface area contributed by atoms with Crippen LogP contribution in [0, 0.1) is 6.92 Å². The predicted molar refractivity (Wildman–Crippen MR) is 113 cm³/mol. The fourth-order valence-electron chi connectivity index (χ4n) is 3.47. The summed E-state index contributed by atoms with van der Waals surface area (Å²) in [4.78, 5) is 11.5. The molecule has 0 bridgehead atoms. The van der Waals surface area contributed by atoms with Crippen molar-refractivity contribution < 1.29 is 19.4 Å². The van der Waals surface area contributed by atoms with E-state index in [0.29, 0.717) is 18.6 Å². The van der Waals surface area contributed by atoms with E-state index in [1.807, 2.05) is 62.8 Å². The highest BCUT2D eigenvalue weighted by atomic mass is 16.5. The number of aliphatic carboxylic acids is 1. The number of hydrogen-bond acceptors (Lipinski definition) is 4. The summed E-state index contributed by atoms with van der Waals surface area (Å²) >= 11 is 0. The summed E-state index contributed by atoms with van der Waals surface area (Å²) < 4.78 is 14.9. The molecule has 2 heterocycles. The lowest BCUT2D eigenvalue weighted by molar-refractivity contribution is -0.132. The molecule has 0 fully saturated rings. The molecule has 3 rings (SSSR count). The monoisotopic (exact) mass is 397 g/mol. The van der Waals surface area contributed by atoms with Crippen LogP contribution in [0.4, 0.5) is 0 Å². The van der Waals surface area contributed by atoms with Crippen LogP contribution >= 0.6 is 0 Å². The summed E-state index contributed by atoms with van der Waals surface area (Å²) in [5, 5.41) is 15.0. The highest BCUT2D eigenvalue weighted by Gasteiger charge is 2.18. The lowest BCUT2D eigenvalue weighted by Crippen LogP contribution is -2.17. The van der Waals surface area contributed by atoms with E-state index >= 15 is 0 Å². The second kappa shape index (κ2) is 8.53. The maximum Gasteiger partial charge on any atom is 0.331 e. The molecule has 0 saturated carbocycles. The van der Waals surface area contributed by atoms with Crippen molar-refractivity contribution in [1.29, 1.82) is 0 Å². The van der Waals surface area contributed by atoms with Crippen LogP contribution in [0.15, 0.2) is 36.0 Å². The van der Waals surface area contributed by atoms with Crippen molar-refractivity contribution in [2.24, 2.45) is 7.05 Å². The number of aromatic nitrogens is 3. The fraction of sp³-hybridized carbons (Fsp3) is 0.364. The third-order valence-corrected chi connectivity index (χ3v) is 4.84. The van der Waals surface area contributed by atoms with E-state index in [-0.39, 0.29) is 6.10 Å². The molecule has 1 aromatic carbocycles. The molecule has 7 nitrogen and oxygen atoms in total. The SMILES string of the molecule is CCC(=Cc1c(C)nn(C)c1-n1ccc2ccc(OC(C)COC)cc21)C(=O)O. The fourth-order valence-corrected chi connectivity index (χ4v) is 3.47. The highest BCUT2D eigenvalue weighted by Crippen LogP contribution is 2.29. The second-order valence-corrected chi connectivity index (χ2v) is 7.06. The predicted octanol–water partition coefficient (Wildman–Crippen LogP) is 3.96. The van der Waals surface area contributed by atoms with E-state index in [9.17, 15) is 9.90 Å². The van der Waals surface area contributed by atoms with Gasteiger partial charge in [-0.3, -0.25) is 4.68 Å². The molecule has 2 aromatic heterocycles. The first-order valence-electron chi connectivity index (χ1n) is 9.60. The molecule has 0 spiro atoms. The summed E-state index contributed by atoms with van der Waals surface area (Å²) in [5.74, 6) is 0.645. The Balaban J connectivity index is 2.13. The molecule has 0 aliphatic heterocycles. The number of hydrogen-bond donors (Lipinski definition) is 1. The molecular formula is C22H27N3O4. The van der Waals surface area contributed by atoms with E-state index in [1.54, 1.807) is 17.9 Å². The third-order valence-electron chi connectivity index (χ3n) is 4.84. The van der Waals surface area contributed by atoms with Gasteiger partial charge < -0.3 is 19.1 Å². The summed E-state index contributed by atoms with van der Waals surface area (Å²) in [6.45, 7) is 6.18. The highest BCUT2D eigenvalue weighted by molar-refractivity contribution is 5.93. The largest absolute Gasteiger partial charge is 0.488 e. The Kier molecular flexibility index (Phi) is 6.08. The standard InChI is InChI=1S/C22H27N3O4/c1-6-16(22(26)27)11-19-15(3)23-24(4)21(19)25-10-9-17-7-8-18(12-20(17)25)29-14(2)13-28-5/h7-12,14H,6,13H2,1-5H3,(H,26,27). The van der Waals surface area contributed by atoms with Crippen LogP contribution in [-0.4, -0.2) is 45.2 Å². The Bertz CT molecular complexity index is 1060. The zero-order valence-electron chi connectivity index (χ0n) is 17.5. The van der Waals surface area contributed by atoms with Crippen molar-refractivity contribution in [3.63, 3.8) is 0 Å². The molecule has 154 valence electrons. The molecule has 0 aliphatic rings. The number of aryl methyl sites for hydroxylation is 2. The maximum atomic E-state index is 11.5. The topological polar surface area (TPSA) is 78.5 Å². The van der Waals surface area contributed by atoms with E-state index in [1.165, 1.54) is 0 Å². The van der Waals surface area contributed by atoms with Crippen molar-refractivity contribution in [2.75, 3.05) is 13.7 Å². The number of fused-ring (bicyclic) bond motifs is 1. The van der Waals surface area contributed by atoms with Crippen molar-refractivity contribution in [2.45, 2.75) is 33.3 Å². The molecule has 3 aromatic rings. The molecule has 0 radical (unpaired) electrons. The Labute approximate surface area is 170 Å². The molecule has 0 aliphatic carbocycles. The Morgan fingerprint density at radius 3 is 2.76 bits per heavy atom. The minimum Gasteiger partial charge on any atom is -0.488 e. The average Bonchev–Trinajstić information content (AvgIpc) is 3.19. The van der Waals surface area contributed by atoms with Crippen LogP contribution in [0.2, 0.25) is 0 Å². The van der Waals surface area contributed by atoms with Crippen LogP contribution in [0.5, 0.6) is 5.75 Å². The molecule has 1 N–H and O–H groups in total. The Hall–Kier alpha value is -3.06. The van der Waals surface area contributed by atoms with Gasteiger partial charge in [-0.25, -0.2) is 4.79 Å². The minimum atomic E-state index is -0.915. The Morgan fingerprint density at radius 2 is 2.10 bits per heavy atom. The summed E-state index contributed by atoms with van der Waals surface area (Å²) in [6, 6.07) is 7.95. The minimum absolute atomic E-state index is 0.0685. The van der Waals surface area contributed by atoms with Gasteiger partial charge in [0, 0.05) is 42.9 Å². The lowest BCUT2D eigenvalue weighted by atomic mass is 10.1. The molecule has 1 unspecified atom stereocenters. The molecule has 0 amide bonds. The maximum absolute atomic E-state index is 11.5. The van der Waals surface area contributed by atoms with Crippen molar-refractivity contribution >= 4 is 22.9 Å². The van der Waals surface area contributed by atoms with Gasteiger partial charge >= 0.3 is 5.97 Å². The van der Waals surface area contributed by atoms with Gasteiger partial charge in [-0.05, 0) is 44.5 Å². The molecule has 1 atom stereocenters. The number of carbonyl (C=O) groups is 1. The summed E-state index contributed by atoms with van der Waals surface area (Å²) in [7, 11) is 3.51. The van der Waals surface area contributed by atoms with Gasteiger partial charge in [0.05, 0.1) is 17.8 Å². The van der Waals surface area contributed by atoms with E-state index < -0.39 is 5.97 Å². The summed E-state index contributed by atoms with van der Waals surface area (Å²) in [6.07, 6.45) is 4.05. The zero-order chi connectivity index (χ0) is 21.1. The van der Waals surface area contributed by atoms with Gasteiger partial charge in [0.15, 0.2) is 0 Å². The van der Waals surface area contributed by atoms with Crippen LogP contribution in [-0.2, 0) is 16.6 Å². The van der Waals surface area contributed by atoms with E-state index in [2.05, 4.69) is 5.10 Å². The molecule has 7 heteroatoms. The Morgan fingerprint density at radius 1 is 1.34 bits per heavy atom. The number of ether oxygens (including phenoxy) is 2. The zero-order valence-corrected chi connectivity index (χ0v) is 17.5. The number of methoxy groups -OCH3 is 1. The van der Waals surface area contributed by atoms with Gasteiger partial charge in [0.2, 0.25) is 0 Å². The van der Waals surface area contributed by atoms with Crippen molar-refractivity contribution in [3.05, 3.63) is 47.3 Å². The van der Waals surface area contributed by atoms with Gasteiger partial charge in [-0.2, -0.15) is 5.10 Å². The van der Waals surface area contributed by atoms with Gasteiger partial charge in [-0.15, -0.1) is 0 Å². The van der Waals surface area contributed by atoms with Crippen LogP contribution in [0.3, 0.4) is 0 Å². The molecular weight excluding hydrogens is 370 g/mol. The normalized spacial score (nSPS) is 13.1. The van der Waals surface area contributed by atoms with Crippen LogP contribution in [0.25, 0.3) is 22.8 Å². The van der Waals surface area contributed by atoms with Gasteiger partial charge in [0.25, 0.3) is 0 Å². The molecule has 0 saturated heterocycles.